The molecule has 7 heteroatoms. The molecule has 0 bridgehead atoms. The molecule has 0 aliphatic carbocycles. The van der Waals surface area contributed by atoms with E-state index >= 15 is 0 Å². The molecule has 4 aromatic rings. The second kappa shape index (κ2) is 6.87. The van der Waals surface area contributed by atoms with Crippen molar-refractivity contribution in [1.82, 2.24) is 15.1 Å². The predicted molar refractivity (Wildman–Crippen MR) is 101 cm³/mol. The van der Waals surface area contributed by atoms with Gasteiger partial charge < -0.3 is 14.6 Å². The molecule has 2 aromatic heterocycles. The Balaban J connectivity index is 1.77. The van der Waals surface area contributed by atoms with E-state index < -0.39 is 0 Å². The van der Waals surface area contributed by atoms with Crippen LogP contribution in [0.2, 0.25) is 0 Å². The lowest BCUT2D eigenvalue weighted by molar-refractivity contribution is 0.102. The number of anilines is 1. The van der Waals surface area contributed by atoms with E-state index in [1.165, 1.54) is 12.4 Å². The van der Waals surface area contributed by atoms with Crippen molar-refractivity contribution < 1.29 is 14.1 Å². The van der Waals surface area contributed by atoms with Crippen molar-refractivity contribution in [3.05, 3.63) is 66.2 Å². The summed E-state index contributed by atoms with van der Waals surface area (Å²) < 4.78 is 10.4. The Morgan fingerprint density at radius 1 is 1.07 bits per heavy atom. The van der Waals surface area contributed by atoms with Crippen molar-refractivity contribution in [2.45, 2.75) is 6.92 Å². The average Bonchev–Trinajstić information content (AvgIpc) is 3.13. The number of amides is 1. The van der Waals surface area contributed by atoms with Gasteiger partial charge in [0.15, 0.2) is 5.82 Å². The van der Waals surface area contributed by atoms with Gasteiger partial charge in [0.1, 0.15) is 28.1 Å². The Morgan fingerprint density at radius 2 is 1.89 bits per heavy atom. The molecule has 0 unspecified atom stereocenters. The summed E-state index contributed by atoms with van der Waals surface area (Å²) in [7, 11) is 1.57. The number of carbonyl (C=O) groups is 1. The van der Waals surface area contributed by atoms with Gasteiger partial charge >= 0.3 is 0 Å². The van der Waals surface area contributed by atoms with Gasteiger partial charge in [-0.1, -0.05) is 35.5 Å². The van der Waals surface area contributed by atoms with Crippen molar-refractivity contribution in [1.29, 1.82) is 0 Å². The molecule has 0 aliphatic rings. The van der Waals surface area contributed by atoms with Crippen LogP contribution in [-0.4, -0.2) is 28.1 Å². The maximum Gasteiger partial charge on any atom is 0.262 e. The molecular formula is C20H16N4O3. The Hall–Kier alpha value is -3.74. The molecule has 1 amide bonds. The van der Waals surface area contributed by atoms with Crippen LogP contribution in [0, 0.1) is 6.92 Å². The summed E-state index contributed by atoms with van der Waals surface area (Å²) in [6, 6.07) is 13.7. The number of nitrogens with zero attached hydrogens (tertiary/aromatic N) is 3. The first-order valence-corrected chi connectivity index (χ1v) is 8.29. The van der Waals surface area contributed by atoms with Crippen LogP contribution in [0.4, 0.5) is 5.82 Å². The van der Waals surface area contributed by atoms with Crippen molar-refractivity contribution in [2.24, 2.45) is 0 Å². The Labute approximate surface area is 155 Å². The fraction of sp³-hybridized carbons (Fsp3) is 0.100. The third kappa shape index (κ3) is 3.10. The number of fused-ring (bicyclic) bond motifs is 1. The van der Waals surface area contributed by atoms with Gasteiger partial charge in [-0.2, -0.15) is 0 Å². The van der Waals surface area contributed by atoms with Crippen LogP contribution in [0.5, 0.6) is 5.75 Å². The number of methoxy groups -OCH3 is 1. The van der Waals surface area contributed by atoms with E-state index in [1.807, 2.05) is 42.5 Å². The zero-order valence-electron chi connectivity index (χ0n) is 14.8. The molecule has 0 spiro atoms. The quantitative estimate of drug-likeness (QED) is 0.594. The van der Waals surface area contributed by atoms with E-state index in [-0.39, 0.29) is 5.91 Å². The van der Waals surface area contributed by atoms with Crippen LogP contribution in [0.3, 0.4) is 0 Å². The normalized spacial score (nSPS) is 10.7. The zero-order chi connectivity index (χ0) is 18.8. The molecule has 2 aromatic carbocycles. The molecule has 0 saturated carbocycles. The first-order valence-electron chi connectivity index (χ1n) is 8.29. The largest absolute Gasteiger partial charge is 0.494 e. The van der Waals surface area contributed by atoms with E-state index in [1.54, 1.807) is 14.0 Å². The van der Waals surface area contributed by atoms with E-state index in [0.29, 0.717) is 33.9 Å². The number of aryl methyl sites for hydroxylation is 1. The third-order valence-electron chi connectivity index (χ3n) is 4.20. The average molecular weight is 360 g/mol. The minimum Gasteiger partial charge on any atom is -0.494 e. The van der Waals surface area contributed by atoms with E-state index in [9.17, 15) is 4.79 Å². The summed E-state index contributed by atoms with van der Waals surface area (Å²) in [4.78, 5) is 21.4. The Morgan fingerprint density at radius 3 is 2.59 bits per heavy atom. The van der Waals surface area contributed by atoms with Gasteiger partial charge in [0.05, 0.1) is 19.5 Å². The summed E-state index contributed by atoms with van der Waals surface area (Å²) in [5.74, 6) is 0.969. The maximum atomic E-state index is 12.4. The Kier molecular flexibility index (Phi) is 4.25. The second-order valence-corrected chi connectivity index (χ2v) is 5.88. The number of hydrogen-bond donors (Lipinski definition) is 1. The molecule has 0 fully saturated rings. The SMILES string of the molecule is COc1ccc(-c2ccccc2)c2ncc(NC(=O)c3cnoc3C)nc12. The lowest BCUT2D eigenvalue weighted by Crippen LogP contribution is -2.13. The Bertz CT molecular complexity index is 1120. The van der Waals surface area contributed by atoms with Gasteiger partial charge in [-0.15, -0.1) is 0 Å². The van der Waals surface area contributed by atoms with Gasteiger partial charge in [-0.25, -0.2) is 9.97 Å². The summed E-state index contributed by atoms with van der Waals surface area (Å²) in [6.07, 6.45) is 2.89. The number of nitrogens with one attached hydrogen (secondary N) is 1. The van der Waals surface area contributed by atoms with Crippen LogP contribution in [0.15, 0.2) is 59.4 Å². The number of hydrogen-bond acceptors (Lipinski definition) is 6. The molecule has 1 N–H and O–H groups in total. The maximum absolute atomic E-state index is 12.4. The highest BCUT2D eigenvalue weighted by Crippen LogP contribution is 2.32. The summed E-state index contributed by atoms with van der Waals surface area (Å²) in [6.45, 7) is 1.67. The zero-order valence-corrected chi connectivity index (χ0v) is 14.8. The fourth-order valence-corrected chi connectivity index (χ4v) is 2.85. The van der Waals surface area contributed by atoms with Gasteiger partial charge in [0, 0.05) is 5.56 Å². The molecule has 0 atom stereocenters. The summed E-state index contributed by atoms with van der Waals surface area (Å²) >= 11 is 0. The van der Waals surface area contributed by atoms with Crippen LogP contribution < -0.4 is 10.1 Å². The van der Waals surface area contributed by atoms with Crippen LogP contribution in [0.25, 0.3) is 22.2 Å². The van der Waals surface area contributed by atoms with Crippen LogP contribution >= 0.6 is 0 Å². The van der Waals surface area contributed by atoms with Gasteiger partial charge in [0.2, 0.25) is 0 Å². The number of aromatic nitrogens is 3. The number of rotatable bonds is 4. The monoisotopic (exact) mass is 360 g/mol. The van der Waals surface area contributed by atoms with Crippen LogP contribution in [-0.2, 0) is 0 Å². The van der Waals surface area contributed by atoms with Crippen molar-refractivity contribution >= 4 is 22.8 Å². The van der Waals surface area contributed by atoms with Crippen molar-refractivity contribution in [3.8, 4) is 16.9 Å². The fourth-order valence-electron chi connectivity index (χ4n) is 2.85. The van der Waals surface area contributed by atoms with Crippen molar-refractivity contribution in [2.75, 3.05) is 12.4 Å². The lowest BCUT2D eigenvalue weighted by atomic mass is 10.0. The van der Waals surface area contributed by atoms with Crippen molar-refractivity contribution in [3.63, 3.8) is 0 Å². The standard InChI is InChI=1S/C20H16N4O3/c1-12-15(10-22-27-12)20(25)24-17-11-21-18-14(13-6-4-3-5-7-13)8-9-16(26-2)19(18)23-17/h3-11H,1-2H3,(H,23,24,25). The number of benzene rings is 2. The summed E-state index contributed by atoms with van der Waals surface area (Å²) in [5, 5.41) is 6.33. The van der Waals surface area contributed by atoms with E-state index in [4.69, 9.17) is 9.26 Å². The highest BCUT2D eigenvalue weighted by atomic mass is 16.5. The molecule has 0 saturated heterocycles. The first kappa shape index (κ1) is 16.7. The van der Waals surface area contributed by atoms with Gasteiger partial charge in [0.25, 0.3) is 5.91 Å². The van der Waals surface area contributed by atoms with Gasteiger partial charge in [-0.05, 0) is 24.6 Å². The topological polar surface area (TPSA) is 90.1 Å². The highest BCUT2D eigenvalue weighted by molar-refractivity contribution is 6.05. The molecule has 134 valence electrons. The first-order chi connectivity index (χ1) is 13.2. The molecule has 2 heterocycles. The minimum atomic E-state index is -0.361. The predicted octanol–water partition coefficient (Wildman–Crippen LogP) is 3.85. The molecule has 27 heavy (non-hydrogen) atoms. The second-order valence-electron chi connectivity index (χ2n) is 5.88. The van der Waals surface area contributed by atoms with Gasteiger partial charge in [-0.3, -0.25) is 4.79 Å². The highest BCUT2D eigenvalue weighted by Gasteiger charge is 2.16. The summed E-state index contributed by atoms with van der Waals surface area (Å²) in [5.41, 5.74) is 3.57. The van der Waals surface area contributed by atoms with E-state index in [0.717, 1.165) is 11.1 Å². The number of carbonyl (C=O) groups excluding carboxylic acids is 1. The lowest BCUT2D eigenvalue weighted by Gasteiger charge is -2.11. The van der Waals surface area contributed by atoms with E-state index in [2.05, 4.69) is 20.4 Å². The molecule has 4 rings (SSSR count). The molecule has 7 nitrogen and oxygen atoms in total. The molecule has 0 aliphatic heterocycles. The number of ether oxygens (including phenoxy) is 1. The third-order valence-corrected chi connectivity index (χ3v) is 4.20. The molecular weight excluding hydrogens is 344 g/mol. The van der Waals surface area contributed by atoms with Crippen LogP contribution in [0.1, 0.15) is 16.1 Å². The molecule has 0 radical (unpaired) electrons. The minimum absolute atomic E-state index is 0.316. The smallest absolute Gasteiger partial charge is 0.262 e.